The summed E-state index contributed by atoms with van der Waals surface area (Å²) in [7, 11) is 0. The van der Waals surface area contributed by atoms with E-state index in [0.717, 1.165) is 12.8 Å². The van der Waals surface area contributed by atoms with Crippen LogP contribution in [0.15, 0.2) is 0 Å². The Balaban J connectivity index is 3.28. The van der Waals surface area contributed by atoms with Crippen molar-refractivity contribution in [2.75, 3.05) is 0 Å². The minimum absolute atomic E-state index is 0.508. The Labute approximate surface area is 124 Å². The highest BCUT2D eigenvalue weighted by Gasteiger charge is 2.23. The average molecular weight is 289 g/mol. The molecule has 1 unspecified atom stereocenters. The fourth-order valence-electron chi connectivity index (χ4n) is 2.65. The lowest BCUT2D eigenvalue weighted by atomic mass is 10.0. The Morgan fingerprint density at radius 2 is 1.15 bits per heavy atom. The predicted octanol–water partition coefficient (Wildman–Crippen LogP) is 5.56. The Bertz CT molecular complexity index is 204. The molecule has 0 aliphatic carbocycles. The number of unbranched alkanes of at least 4 members (excludes halogenated alkanes) is 10. The van der Waals surface area contributed by atoms with Gasteiger partial charge in [-0.2, -0.15) is 10.4 Å². The van der Waals surface area contributed by atoms with E-state index < -0.39 is 11.0 Å². The Hall–Kier alpha value is -0.160. The van der Waals surface area contributed by atoms with Crippen molar-refractivity contribution in [3.8, 4) is 0 Å². The number of quaternary nitrogens is 1. The second kappa shape index (κ2) is 12.6. The van der Waals surface area contributed by atoms with E-state index in [4.69, 9.17) is 10.4 Å². The highest BCUT2D eigenvalue weighted by atomic mass is 17.1. The van der Waals surface area contributed by atoms with E-state index in [9.17, 15) is 5.21 Å². The first-order valence-corrected chi connectivity index (χ1v) is 8.57. The third-order valence-electron chi connectivity index (χ3n) is 4.09. The zero-order valence-electron chi connectivity index (χ0n) is 13.5. The second-order valence-corrected chi connectivity index (χ2v) is 5.98. The molecular formula is C16H35NO3. The first kappa shape index (κ1) is 19.8. The van der Waals surface area contributed by atoms with Crippen LogP contribution >= 0.6 is 0 Å². The van der Waals surface area contributed by atoms with Crippen LogP contribution in [0.5, 0.6) is 0 Å². The number of hydrogen-bond donors (Lipinski definition) is 2. The molecule has 0 amide bonds. The zero-order chi connectivity index (χ0) is 15.3. The molecule has 2 N–H and O–H groups in total. The molecule has 0 fully saturated rings. The van der Waals surface area contributed by atoms with Gasteiger partial charge in [0.1, 0.15) is 0 Å². The lowest BCUT2D eigenvalue weighted by Gasteiger charge is -2.32. The number of nitrogens with zero attached hydrogens (tertiary/aromatic N) is 1. The van der Waals surface area contributed by atoms with Crippen molar-refractivity contribution in [2.45, 2.75) is 103 Å². The van der Waals surface area contributed by atoms with Crippen molar-refractivity contribution >= 4 is 0 Å². The topological polar surface area (TPSA) is 63.5 Å². The molecular weight excluding hydrogens is 254 g/mol. The molecule has 0 aliphatic heterocycles. The van der Waals surface area contributed by atoms with Crippen LogP contribution < -0.4 is 0 Å². The van der Waals surface area contributed by atoms with Crippen molar-refractivity contribution in [3.63, 3.8) is 0 Å². The van der Waals surface area contributed by atoms with Gasteiger partial charge in [0.25, 0.3) is 0 Å². The molecule has 20 heavy (non-hydrogen) atoms. The molecule has 122 valence electrons. The first-order chi connectivity index (χ1) is 9.52. The molecule has 1 atom stereocenters. The summed E-state index contributed by atoms with van der Waals surface area (Å²) in [5, 5.41) is 28.9. The van der Waals surface area contributed by atoms with Crippen molar-refractivity contribution in [1.29, 1.82) is 0 Å². The molecule has 4 nitrogen and oxygen atoms in total. The quantitative estimate of drug-likeness (QED) is 0.250. The molecule has 0 bridgehead atoms. The van der Waals surface area contributed by atoms with Crippen molar-refractivity contribution in [2.24, 2.45) is 0 Å². The lowest BCUT2D eigenvalue weighted by Crippen LogP contribution is -2.44. The van der Waals surface area contributed by atoms with E-state index in [1.165, 1.54) is 57.8 Å². The Kier molecular flexibility index (Phi) is 12.5. The molecule has 0 radical (unpaired) electrons. The molecule has 0 aromatic heterocycles. The monoisotopic (exact) mass is 289 g/mol. The van der Waals surface area contributed by atoms with Gasteiger partial charge < -0.3 is 5.21 Å². The van der Waals surface area contributed by atoms with E-state index in [-0.39, 0.29) is 0 Å². The van der Waals surface area contributed by atoms with Crippen LogP contribution in [0.1, 0.15) is 97.3 Å². The maximum Gasteiger partial charge on any atom is 0.151 e. The van der Waals surface area contributed by atoms with Gasteiger partial charge in [0, 0.05) is 12.8 Å². The molecule has 0 saturated carbocycles. The van der Waals surface area contributed by atoms with E-state index >= 15 is 0 Å². The average Bonchev–Trinajstić information content (AvgIpc) is 2.38. The largest absolute Gasteiger partial charge is 0.564 e. The fraction of sp³-hybridized carbons (Fsp3) is 1.00. The summed E-state index contributed by atoms with van der Waals surface area (Å²) in [6, 6.07) is -0.589. The fourth-order valence-corrected chi connectivity index (χ4v) is 2.65. The Morgan fingerprint density at radius 3 is 1.50 bits per heavy atom. The summed E-state index contributed by atoms with van der Waals surface area (Å²) in [6.07, 6.45) is 15.0. The first-order valence-electron chi connectivity index (χ1n) is 8.57. The standard InChI is InChI=1S/C16H35NO3/c1-3-5-6-7-8-9-10-11-12-13-14-15-16(4-2)17(18,19)20/h16,18-19H,3-15H2,1-2H3. The van der Waals surface area contributed by atoms with Crippen LogP contribution in [-0.2, 0) is 0 Å². The number of hydroxylamine groups is 3. The van der Waals surface area contributed by atoms with Gasteiger partial charge >= 0.3 is 0 Å². The van der Waals surface area contributed by atoms with Crippen molar-refractivity contribution in [3.05, 3.63) is 5.21 Å². The van der Waals surface area contributed by atoms with Gasteiger partial charge in [0.2, 0.25) is 0 Å². The van der Waals surface area contributed by atoms with Crippen LogP contribution in [0.2, 0.25) is 0 Å². The van der Waals surface area contributed by atoms with Crippen LogP contribution in [0, 0.1) is 5.21 Å². The minimum atomic E-state index is -2.12. The van der Waals surface area contributed by atoms with Crippen LogP contribution in [0.4, 0.5) is 0 Å². The SMILES string of the molecule is CCCCCCCCCCCCCC(CC)[N+]([O-])(O)O. The number of hydrogen-bond acceptors (Lipinski definition) is 3. The van der Waals surface area contributed by atoms with Gasteiger partial charge in [-0.05, 0) is 6.42 Å². The van der Waals surface area contributed by atoms with Gasteiger partial charge in [-0.1, -0.05) is 83.0 Å². The molecule has 4 heteroatoms. The van der Waals surface area contributed by atoms with Gasteiger partial charge in [0.05, 0.1) is 0 Å². The molecule has 0 aromatic carbocycles. The minimum Gasteiger partial charge on any atom is -0.564 e. The highest BCUT2D eigenvalue weighted by Crippen LogP contribution is 2.17. The molecule has 0 saturated heterocycles. The van der Waals surface area contributed by atoms with Gasteiger partial charge in [0.15, 0.2) is 6.04 Å². The van der Waals surface area contributed by atoms with E-state index in [1.807, 2.05) is 6.92 Å². The maximum absolute atomic E-state index is 11.0. The van der Waals surface area contributed by atoms with Crippen LogP contribution in [0.25, 0.3) is 0 Å². The summed E-state index contributed by atoms with van der Waals surface area (Å²) >= 11 is 0. The third kappa shape index (κ3) is 11.6. The summed E-state index contributed by atoms with van der Waals surface area (Å²) < 4.78 is 0. The summed E-state index contributed by atoms with van der Waals surface area (Å²) in [5.41, 5.74) is 0. The van der Waals surface area contributed by atoms with Crippen molar-refractivity contribution in [1.82, 2.24) is 0 Å². The molecule has 0 heterocycles. The van der Waals surface area contributed by atoms with E-state index in [1.54, 1.807) is 0 Å². The highest BCUT2D eigenvalue weighted by molar-refractivity contribution is 4.55. The molecule has 0 aromatic rings. The molecule has 0 spiro atoms. The zero-order valence-corrected chi connectivity index (χ0v) is 13.5. The predicted molar refractivity (Wildman–Crippen MR) is 82.4 cm³/mol. The second-order valence-electron chi connectivity index (χ2n) is 5.98. The third-order valence-corrected chi connectivity index (χ3v) is 4.09. The Morgan fingerprint density at radius 1 is 0.750 bits per heavy atom. The summed E-state index contributed by atoms with van der Waals surface area (Å²) in [5.74, 6) is 0. The molecule has 0 rings (SSSR count). The lowest BCUT2D eigenvalue weighted by molar-refractivity contribution is -1.23. The van der Waals surface area contributed by atoms with Crippen molar-refractivity contribution < 1.29 is 15.4 Å². The summed E-state index contributed by atoms with van der Waals surface area (Å²) in [4.78, 5) is -2.12. The normalized spacial score (nSPS) is 13.7. The van der Waals surface area contributed by atoms with Gasteiger partial charge in [-0.3, -0.25) is 0 Å². The van der Waals surface area contributed by atoms with Crippen LogP contribution in [-0.4, -0.2) is 21.4 Å². The van der Waals surface area contributed by atoms with E-state index in [0.29, 0.717) is 12.8 Å². The smallest absolute Gasteiger partial charge is 0.151 e. The van der Waals surface area contributed by atoms with Gasteiger partial charge in [-0.15, -0.1) is 0 Å². The summed E-state index contributed by atoms with van der Waals surface area (Å²) in [6.45, 7) is 4.06. The van der Waals surface area contributed by atoms with E-state index in [2.05, 4.69) is 6.92 Å². The van der Waals surface area contributed by atoms with Crippen LogP contribution in [0.3, 0.4) is 0 Å². The maximum atomic E-state index is 11.0. The molecule has 0 aliphatic rings. The number of rotatable bonds is 14. The van der Waals surface area contributed by atoms with Gasteiger partial charge in [-0.25, -0.2) is 0 Å².